The van der Waals surface area contributed by atoms with Crippen molar-refractivity contribution in [2.45, 2.75) is 0 Å². The molecular weight excluding hydrogens is 245 g/mol. The molecule has 13 heavy (non-hydrogen) atoms. The van der Waals surface area contributed by atoms with Crippen molar-refractivity contribution in [3.8, 4) is 0 Å². The van der Waals surface area contributed by atoms with E-state index in [1.54, 1.807) is 0 Å². The van der Waals surface area contributed by atoms with Gasteiger partial charge < -0.3 is 14.7 Å². The summed E-state index contributed by atoms with van der Waals surface area (Å²) in [6, 6.07) is 0. The average Bonchev–Trinajstić information content (AvgIpc) is 1.98. The van der Waals surface area contributed by atoms with E-state index in [1.165, 1.54) is 0 Å². The molecule has 0 fully saturated rings. The second-order valence-corrected chi connectivity index (χ2v) is 4.49. The van der Waals surface area contributed by atoms with E-state index in [1.807, 2.05) is 0 Å². The number of rotatable bonds is 4. The van der Waals surface area contributed by atoms with Crippen LogP contribution in [0.2, 0.25) is 0 Å². The van der Waals surface area contributed by atoms with Crippen LogP contribution in [0.25, 0.3) is 0 Å². The van der Waals surface area contributed by atoms with Crippen LogP contribution in [0.15, 0.2) is 0 Å². The fourth-order valence-electron chi connectivity index (χ4n) is 0.225. The molecule has 11 heteroatoms. The second kappa shape index (κ2) is 5.90. The molecule has 8 nitrogen and oxygen atoms in total. The third kappa shape index (κ3) is 8.62. The maximum absolute atomic E-state index is 10.6. The van der Waals surface area contributed by atoms with Gasteiger partial charge in [0.1, 0.15) is 0 Å². The Morgan fingerprint density at radius 2 is 1.46 bits per heavy atom. The molecule has 0 heterocycles. The Morgan fingerprint density at radius 3 is 1.69 bits per heavy atom. The van der Waals surface area contributed by atoms with E-state index >= 15 is 0 Å². The molecule has 0 aromatic carbocycles. The summed E-state index contributed by atoms with van der Waals surface area (Å²) in [5, 5.41) is 0. The summed E-state index contributed by atoms with van der Waals surface area (Å²) in [6.45, 7) is 0. The van der Waals surface area contributed by atoms with Crippen LogP contribution in [-0.4, -0.2) is 26.6 Å². The van der Waals surface area contributed by atoms with E-state index in [9.17, 15) is 14.4 Å². The van der Waals surface area contributed by atoms with Crippen molar-refractivity contribution < 1.29 is 38.1 Å². The Morgan fingerprint density at radius 1 is 1.15 bits per heavy atom. The predicted octanol–water partition coefficient (Wildman–Crippen LogP) is -2.03. The van der Waals surface area contributed by atoms with Gasteiger partial charge in [-0.25, -0.2) is 13.6 Å². The smallest absolute Gasteiger partial charge is 0.487 e. The van der Waals surface area contributed by atoms with Crippen molar-refractivity contribution in [1.29, 1.82) is 0 Å². The summed E-state index contributed by atoms with van der Waals surface area (Å²) in [6.07, 6.45) is 0. The van der Waals surface area contributed by atoms with Gasteiger partial charge in [-0.1, -0.05) is 0 Å². The lowest BCUT2D eigenvalue weighted by atomic mass is 11.7. The third-order valence-electron chi connectivity index (χ3n) is 0.541. The zero-order valence-corrected chi connectivity index (χ0v) is 8.56. The molecule has 0 spiro atoms. The van der Waals surface area contributed by atoms with E-state index in [0.717, 1.165) is 0 Å². The highest BCUT2D eigenvalue weighted by molar-refractivity contribution is 7.52. The molecule has 0 aliphatic carbocycles. The highest BCUT2D eigenvalue weighted by atomic mass is 31.2. The van der Waals surface area contributed by atoms with Gasteiger partial charge >= 0.3 is 7.82 Å². The molecule has 0 saturated heterocycles. The minimum Gasteiger partial charge on any atom is -0.602 e. The molecule has 0 aliphatic heterocycles. The molecule has 0 aromatic heterocycles. The minimum atomic E-state index is -4.60. The molecule has 0 radical (unpaired) electrons. The van der Waals surface area contributed by atoms with Crippen LogP contribution in [0.3, 0.4) is 0 Å². The maximum Gasteiger partial charge on any atom is 0.487 e. The first kappa shape index (κ1) is 13.3. The van der Waals surface area contributed by atoms with Gasteiger partial charge in [-0.3, -0.25) is 0 Å². The fourth-order valence-corrected chi connectivity index (χ4v) is 1.87. The highest BCUT2D eigenvalue weighted by Crippen LogP contribution is 2.42. The Labute approximate surface area is 74.7 Å². The lowest BCUT2D eigenvalue weighted by molar-refractivity contribution is -0.168. The first-order valence-corrected chi connectivity index (χ1v) is 6.56. The third-order valence-corrected chi connectivity index (χ3v) is 2.19. The van der Waals surface area contributed by atoms with Crippen molar-refractivity contribution in [3.05, 3.63) is 0 Å². The van der Waals surface area contributed by atoms with E-state index < -0.39 is 23.8 Å². The first-order valence-electron chi connectivity index (χ1n) is 2.50. The summed E-state index contributed by atoms with van der Waals surface area (Å²) in [7, 11) is -10.3. The minimum absolute atomic E-state index is 0.175. The van der Waals surface area contributed by atoms with E-state index in [2.05, 4.69) is 9.05 Å². The Bertz CT molecular complexity index is 237. The molecule has 0 aliphatic rings. The zero-order chi connectivity index (χ0) is 10.5. The summed E-state index contributed by atoms with van der Waals surface area (Å²) in [5.74, 6) is 0.350. The van der Waals surface area contributed by atoms with Gasteiger partial charge in [-0.2, -0.15) is 9.79 Å². The van der Waals surface area contributed by atoms with Crippen molar-refractivity contribution in [2.75, 3.05) is 0 Å². The van der Waals surface area contributed by atoms with Gasteiger partial charge in [-0.15, -0.1) is 0 Å². The lowest BCUT2D eigenvalue weighted by Gasteiger charge is -2.01. The molecule has 2 unspecified atom stereocenters. The van der Waals surface area contributed by atoms with E-state index in [4.69, 9.17) is 14.7 Å². The molecule has 76 valence electrons. The van der Waals surface area contributed by atoms with Crippen LogP contribution >= 0.6 is 23.8 Å². The number of phosphoric ester groups is 1. The van der Waals surface area contributed by atoms with Crippen LogP contribution < -0.4 is 9.79 Å². The molecule has 0 saturated carbocycles. The molecule has 0 bridgehead atoms. The van der Waals surface area contributed by atoms with E-state index in [-0.39, 0.29) is 12.0 Å². The van der Waals surface area contributed by atoms with Gasteiger partial charge in [0.25, 0.3) is 12.0 Å². The van der Waals surface area contributed by atoms with Gasteiger partial charge in [0, 0.05) is 0 Å². The fraction of sp³-hybridized carbons (Fsp3) is 0. The lowest BCUT2D eigenvalue weighted by Crippen LogP contribution is -1.96. The first-order chi connectivity index (χ1) is 5.83. The largest absolute Gasteiger partial charge is 0.602 e. The highest BCUT2D eigenvalue weighted by Gasteiger charge is 2.22. The summed E-state index contributed by atoms with van der Waals surface area (Å²) in [4.78, 5) is 44.7. The van der Waals surface area contributed by atoms with Crippen molar-refractivity contribution in [1.82, 2.24) is 0 Å². The van der Waals surface area contributed by atoms with Gasteiger partial charge in [0.2, 0.25) is 16.0 Å². The average molecular weight is 250 g/mol. The Hall–Kier alpha value is 0.290. The summed E-state index contributed by atoms with van der Waals surface area (Å²) in [5.41, 5.74) is 0. The van der Waals surface area contributed by atoms with Crippen molar-refractivity contribution in [2.24, 2.45) is 0 Å². The maximum atomic E-state index is 10.6. The van der Waals surface area contributed by atoms with Crippen molar-refractivity contribution in [3.63, 3.8) is 0 Å². The number of hydrogen-bond donors (Lipinski definition) is 3. The Balaban J connectivity index is 4.18. The summed E-state index contributed by atoms with van der Waals surface area (Å²) >= 11 is 0. The number of hydrogen-bond acceptors (Lipinski definition) is 7. The quantitative estimate of drug-likeness (QED) is 0.484. The molecular formula is C2H5O8P3. The molecule has 2 atom stereocenters. The normalized spacial score (nSPS) is 18.5. The summed E-state index contributed by atoms with van der Waals surface area (Å²) < 4.78 is 18.2. The van der Waals surface area contributed by atoms with E-state index in [0.29, 0.717) is 0 Å². The zero-order valence-electron chi connectivity index (χ0n) is 5.88. The van der Waals surface area contributed by atoms with Gasteiger partial charge in [-0.05, 0) is 0 Å². The standard InChI is InChI=1S/C2H5O8P3/c3-11(4)1-9-13(7,8)10-2-12(5)6/h1-2H,(H,3,4)(H,5,6)(H,7,8). The van der Waals surface area contributed by atoms with Crippen LogP contribution in [0.1, 0.15) is 0 Å². The Kier molecular flexibility index (Phi) is 6.04. The van der Waals surface area contributed by atoms with Gasteiger partial charge in [0.15, 0.2) is 0 Å². The molecule has 0 aromatic rings. The van der Waals surface area contributed by atoms with Gasteiger partial charge in [0.05, 0.1) is 0 Å². The number of phosphoric acid groups is 1. The molecule has 3 N–H and O–H groups in total. The molecule has 0 rings (SSSR count). The SMILES string of the molecule is O=P(O)(O/C=[P+](\[O-])O)O/C=[P+](\[O-])O. The van der Waals surface area contributed by atoms with Crippen LogP contribution in [0, 0.1) is 0 Å². The van der Waals surface area contributed by atoms with Crippen molar-refractivity contribution >= 4 is 35.8 Å². The topological polar surface area (TPSA) is 142 Å². The monoisotopic (exact) mass is 250 g/mol. The predicted molar refractivity (Wildman–Crippen MR) is 42.4 cm³/mol. The molecule has 0 amide bonds. The van der Waals surface area contributed by atoms with Crippen LogP contribution in [0.4, 0.5) is 0 Å². The van der Waals surface area contributed by atoms with Crippen LogP contribution in [0.5, 0.6) is 0 Å². The van der Waals surface area contributed by atoms with Crippen LogP contribution in [-0.2, 0) is 13.6 Å². The second-order valence-electron chi connectivity index (χ2n) is 1.50.